The molecule has 1 heterocycles. The lowest BCUT2D eigenvalue weighted by Gasteiger charge is -2.19. The number of pyridine rings is 1. The summed E-state index contributed by atoms with van der Waals surface area (Å²) in [6.07, 6.45) is 1.59. The van der Waals surface area contributed by atoms with E-state index >= 15 is 0 Å². The van der Waals surface area contributed by atoms with Crippen molar-refractivity contribution < 1.29 is 9.18 Å². The molecule has 3 rings (SSSR count). The van der Waals surface area contributed by atoms with Gasteiger partial charge in [-0.05, 0) is 52.9 Å². The third-order valence-corrected chi connectivity index (χ3v) is 4.41. The highest BCUT2D eigenvalue weighted by atomic mass is 19.1. The van der Waals surface area contributed by atoms with E-state index in [2.05, 4.69) is 36.4 Å². The molecule has 0 radical (unpaired) electrons. The first kappa shape index (κ1) is 19.5. The number of nitrogens with zero attached hydrogens (tertiary/aromatic N) is 1. The van der Waals surface area contributed by atoms with Crippen LogP contribution >= 0.6 is 0 Å². The van der Waals surface area contributed by atoms with Gasteiger partial charge < -0.3 is 10.6 Å². The van der Waals surface area contributed by atoms with Crippen LogP contribution in [-0.4, -0.2) is 10.9 Å². The molecule has 0 saturated carbocycles. The van der Waals surface area contributed by atoms with Crippen LogP contribution in [0.4, 0.5) is 15.8 Å². The maximum atomic E-state index is 13.0. The molecule has 0 aliphatic rings. The summed E-state index contributed by atoms with van der Waals surface area (Å²) in [5.74, 6) is -0.531. The molecule has 1 aromatic heterocycles. The van der Waals surface area contributed by atoms with Gasteiger partial charge in [-0.3, -0.25) is 9.78 Å². The Morgan fingerprint density at radius 1 is 0.964 bits per heavy atom. The molecule has 144 valence electrons. The van der Waals surface area contributed by atoms with Crippen LogP contribution in [-0.2, 0) is 12.0 Å². The van der Waals surface area contributed by atoms with Gasteiger partial charge in [-0.25, -0.2) is 4.39 Å². The molecule has 0 bridgehead atoms. The van der Waals surface area contributed by atoms with Crippen LogP contribution in [0.5, 0.6) is 0 Å². The molecule has 0 aliphatic carbocycles. The number of hydrogen-bond acceptors (Lipinski definition) is 3. The monoisotopic (exact) mass is 377 g/mol. The van der Waals surface area contributed by atoms with Gasteiger partial charge in [0.1, 0.15) is 11.5 Å². The van der Waals surface area contributed by atoms with Crippen molar-refractivity contribution in [2.45, 2.75) is 32.7 Å². The van der Waals surface area contributed by atoms with Crippen molar-refractivity contribution in [2.75, 3.05) is 10.6 Å². The molecule has 0 fully saturated rings. The lowest BCUT2D eigenvalue weighted by atomic mass is 9.87. The van der Waals surface area contributed by atoms with Crippen molar-refractivity contribution in [3.8, 4) is 0 Å². The van der Waals surface area contributed by atoms with Crippen molar-refractivity contribution in [3.05, 3.63) is 89.5 Å². The van der Waals surface area contributed by atoms with Crippen LogP contribution < -0.4 is 10.6 Å². The van der Waals surface area contributed by atoms with E-state index in [9.17, 15) is 9.18 Å². The fraction of sp³-hybridized carbons (Fsp3) is 0.217. The Morgan fingerprint density at radius 3 is 2.29 bits per heavy atom. The summed E-state index contributed by atoms with van der Waals surface area (Å²) in [7, 11) is 0. The maximum absolute atomic E-state index is 13.0. The minimum atomic E-state index is -0.269. The smallest absolute Gasteiger partial charge is 0.274 e. The Balaban J connectivity index is 1.64. The number of benzene rings is 2. The molecule has 3 aromatic rings. The van der Waals surface area contributed by atoms with Gasteiger partial charge in [0.2, 0.25) is 0 Å². The van der Waals surface area contributed by atoms with Gasteiger partial charge in [0.15, 0.2) is 0 Å². The van der Waals surface area contributed by atoms with Crippen LogP contribution in [0.3, 0.4) is 0 Å². The molecule has 28 heavy (non-hydrogen) atoms. The third kappa shape index (κ3) is 5.16. The van der Waals surface area contributed by atoms with E-state index < -0.39 is 0 Å². The summed E-state index contributed by atoms with van der Waals surface area (Å²) < 4.78 is 13.0. The molecule has 0 spiro atoms. The van der Waals surface area contributed by atoms with E-state index in [1.165, 1.54) is 17.7 Å². The van der Waals surface area contributed by atoms with E-state index in [0.29, 0.717) is 12.2 Å². The average molecular weight is 377 g/mol. The first-order valence-electron chi connectivity index (χ1n) is 9.17. The van der Waals surface area contributed by atoms with Crippen molar-refractivity contribution >= 4 is 17.3 Å². The highest BCUT2D eigenvalue weighted by Gasteiger charge is 2.14. The Morgan fingerprint density at radius 2 is 1.64 bits per heavy atom. The second-order valence-electron chi connectivity index (χ2n) is 7.69. The van der Waals surface area contributed by atoms with E-state index in [0.717, 1.165) is 16.9 Å². The number of anilines is 2. The minimum absolute atomic E-state index is 0.0641. The molecule has 4 nitrogen and oxygen atoms in total. The van der Waals surface area contributed by atoms with Crippen molar-refractivity contribution in [1.82, 2.24) is 4.98 Å². The molecule has 2 aromatic carbocycles. The van der Waals surface area contributed by atoms with Gasteiger partial charge in [0, 0.05) is 24.1 Å². The van der Waals surface area contributed by atoms with Gasteiger partial charge in [-0.1, -0.05) is 45.0 Å². The number of carbonyl (C=O) groups excluding carboxylic acids is 1. The van der Waals surface area contributed by atoms with Crippen LogP contribution in [0.25, 0.3) is 0 Å². The fourth-order valence-electron chi connectivity index (χ4n) is 2.72. The number of aromatic nitrogens is 1. The minimum Gasteiger partial charge on any atom is -0.381 e. The maximum Gasteiger partial charge on any atom is 0.274 e. The van der Waals surface area contributed by atoms with E-state index in [1.807, 2.05) is 24.3 Å². The number of amides is 1. The van der Waals surface area contributed by atoms with Crippen LogP contribution in [0, 0.1) is 5.82 Å². The largest absolute Gasteiger partial charge is 0.381 e. The average Bonchev–Trinajstić information content (AvgIpc) is 2.67. The van der Waals surface area contributed by atoms with Gasteiger partial charge in [-0.2, -0.15) is 0 Å². The second kappa shape index (κ2) is 8.21. The highest BCUT2D eigenvalue weighted by Crippen LogP contribution is 2.23. The van der Waals surface area contributed by atoms with Crippen LogP contribution in [0.15, 0.2) is 66.9 Å². The Bertz CT molecular complexity index is 945. The van der Waals surface area contributed by atoms with Crippen molar-refractivity contribution in [2.24, 2.45) is 0 Å². The topological polar surface area (TPSA) is 54.0 Å². The second-order valence-corrected chi connectivity index (χ2v) is 7.69. The molecule has 1 amide bonds. The molecule has 5 heteroatoms. The summed E-state index contributed by atoms with van der Waals surface area (Å²) >= 11 is 0. The van der Waals surface area contributed by atoms with Crippen molar-refractivity contribution in [1.29, 1.82) is 0 Å². The van der Waals surface area contributed by atoms with Crippen molar-refractivity contribution in [3.63, 3.8) is 0 Å². The lowest BCUT2D eigenvalue weighted by Crippen LogP contribution is -2.15. The van der Waals surface area contributed by atoms with Crippen LogP contribution in [0.1, 0.15) is 42.4 Å². The van der Waals surface area contributed by atoms with Gasteiger partial charge in [0.25, 0.3) is 5.91 Å². The molecule has 0 unspecified atom stereocenters. The van der Waals surface area contributed by atoms with Gasteiger partial charge >= 0.3 is 0 Å². The molecule has 0 atom stereocenters. The number of halogens is 1. The lowest BCUT2D eigenvalue weighted by molar-refractivity contribution is 0.102. The summed E-state index contributed by atoms with van der Waals surface area (Å²) in [6, 6.07) is 17.6. The molecular weight excluding hydrogens is 353 g/mol. The molecule has 0 saturated heterocycles. The Kier molecular flexibility index (Phi) is 5.73. The predicted octanol–water partition coefficient (Wildman–Crippen LogP) is 5.38. The zero-order valence-electron chi connectivity index (χ0n) is 16.3. The summed E-state index contributed by atoms with van der Waals surface area (Å²) in [5.41, 5.74) is 4.04. The first-order chi connectivity index (χ1) is 13.3. The fourth-order valence-corrected chi connectivity index (χ4v) is 2.72. The zero-order chi connectivity index (χ0) is 20.1. The Hall–Kier alpha value is -3.21. The van der Waals surface area contributed by atoms with E-state index in [4.69, 9.17) is 0 Å². The summed E-state index contributed by atoms with van der Waals surface area (Å²) in [6.45, 7) is 6.97. The van der Waals surface area contributed by atoms with E-state index in [-0.39, 0.29) is 17.1 Å². The number of rotatable bonds is 5. The van der Waals surface area contributed by atoms with E-state index in [1.54, 1.807) is 30.5 Å². The zero-order valence-corrected chi connectivity index (χ0v) is 16.3. The normalized spacial score (nSPS) is 11.1. The molecule has 2 N–H and O–H groups in total. The SMILES string of the molecule is CC(C)(C)c1ccc(NC(=O)c2cc(NCc3ccc(F)cc3)ccn2)cc1. The van der Waals surface area contributed by atoms with Gasteiger partial charge in [-0.15, -0.1) is 0 Å². The predicted molar refractivity (Wildman–Crippen MR) is 111 cm³/mol. The van der Waals surface area contributed by atoms with Gasteiger partial charge in [0.05, 0.1) is 0 Å². The molecule has 0 aliphatic heterocycles. The summed E-state index contributed by atoms with van der Waals surface area (Å²) in [5, 5.41) is 6.09. The molecular formula is C23H24FN3O. The first-order valence-corrected chi connectivity index (χ1v) is 9.17. The highest BCUT2D eigenvalue weighted by molar-refractivity contribution is 6.03. The number of carbonyl (C=O) groups is 1. The third-order valence-electron chi connectivity index (χ3n) is 4.41. The van der Waals surface area contributed by atoms with Crippen LogP contribution in [0.2, 0.25) is 0 Å². The Labute approximate surface area is 164 Å². The number of nitrogens with one attached hydrogen (secondary N) is 2. The number of hydrogen-bond donors (Lipinski definition) is 2. The standard InChI is InChI=1S/C23H24FN3O/c1-23(2,3)17-6-10-19(11-7-17)27-22(28)21-14-20(12-13-25-21)26-15-16-4-8-18(24)9-5-16/h4-14H,15H2,1-3H3,(H,25,26)(H,27,28). The quantitative estimate of drug-likeness (QED) is 0.627. The summed E-state index contributed by atoms with van der Waals surface area (Å²) in [4.78, 5) is 16.7.